The molecule has 0 unspecified atom stereocenters. The van der Waals surface area contributed by atoms with E-state index in [0.717, 1.165) is 21.6 Å². The number of hydrogen-bond donors (Lipinski definition) is 2. The molecule has 0 saturated carbocycles. The first-order valence-corrected chi connectivity index (χ1v) is 6.12. The van der Waals surface area contributed by atoms with Crippen LogP contribution in [0.25, 0.3) is 0 Å². The first-order chi connectivity index (χ1) is 8.20. The van der Waals surface area contributed by atoms with Crippen molar-refractivity contribution in [2.24, 2.45) is 0 Å². The molecule has 1 aromatic heterocycles. The molecule has 0 aliphatic rings. The zero-order valence-electron chi connectivity index (χ0n) is 9.13. The fraction of sp³-hybridized carbons (Fsp3) is 0.182. The quantitative estimate of drug-likeness (QED) is 0.908. The topological polar surface area (TPSA) is 49.9 Å². The number of hydrogen-bond acceptors (Lipinski definition) is 3. The third-order valence-corrected chi connectivity index (χ3v) is 3.04. The van der Waals surface area contributed by atoms with Crippen LogP contribution in [0.2, 0.25) is 5.02 Å². The van der Waals surface area contributed by atoms with Crippen LogP contribution in [0.15, 0.2) is 29.1 Å². The van der Waals surface area contributed by atoms with Crippen molar-refractivity contribution in [2.45, 2.75) is 6.54 Å². The van der Waals surface area contributed by atoms with E-state index in [1.165, 1.54) is 0 Å². The van der Waals surface area contributed by atoms with E-state index >= 15 is 0 Å². The molecule has 4 nitrogen and oxygen atoms in total. The molecule has 0 aliphatic carbocycles. The van der Waals surface area contributed by atoms with Gasteiger partial charge >= 0.3 is 0 Å². The third kappa shape index (κ3) is 2.92. The number of rotatable bonds is 4. The number of benzene rings is 1. The van der Waals surface area contributed by atoms with E-state index in [1.807, 2.05) is 6.07 Å². The normalized spacial score (nSPS) is 10.3. The van der Waals surface area contributed by atoms with E-state index in [1.54, 1.807) is 25.7 Å². The van der Waals surface area contributed by atoms with Gasteiger partial charge in [-0.25, -0.2) is 4.98 Å². The maximum Gasteiger partial charge on any atom is 0.156 e. The van der Waals surface area contributed by atoms with Gasteiger partial charge in [-0.3, -0.25) is 0 Å². The van der Waals surface area contributed by atoms with Crippen molar-refractivity contribution in [3.63, 3.8) is 0 Å². The Kier molecular flexibility index (Phi) is 3.91. The Labute approximate surface area is 112 Å². The summed E-state index contributed by atoms with van der Waals surface area (Å²) in [4.78, 5) is 6.96. The van der Waals surface area contributed by atoms with Gasteiger partial charge < -0.3 is 15.0 Å². The highest BCUT2D eigenvalue weighted by molar-refractivity contribution is 9.10. The average molecular weight is 317 g/mol. The zero-order valence-corrected chi connectivity index (χ0v) is 11.5. The van der Waals surface area contributed by atoms with Gasteiger partial charge in [0.05, 0.1) is 35.8 Å². The van der Waals surface area contributed by atoms with Crippen LogP contribution in [0.4, 0.5) is 5.69 Å². The summed E-state index contributed by atoms with van der Waals surface area (Å²) in [5, 5.41) is 3.88. The minimum absolute atomic E-state index is 0.628. The number of aromatic amines is 1. The third-order valence-electron chi connectivity index (χ3n) is 2.24. The predicted octanol–water partition coefficient (Wildman–Crippen LogP) is 3.45. The highest BCUT2D eigenvalue weighted by Crippen LogP contribution is 2.36. The van der Waals surface area contributed by atoms with Crippen LogP contribution in [0.3, 0.4) is 0 Å². The van der Waals surface area contributed by atoms with Crippen molar-refractivity contribution in [1.82, 2.24) is 9.97 Å². The van der Waals surface area contributed by atoms with Crippen LogP contribution < -0.4 is 10.1 Å². The van der Waals surface area contributed by atoms with Crippen molar-refractivity contribution in [1.29, 1.82) is 0 Å². The van der Waals surface area contributed by atoms with Crippen LogP contribution in [0, 0.1) is 0 Å². The molecule has 90 valence electrons. The Hall–Kier alpha value is -1.20. The lowest BCUT2D eigenvalue weighted by Crippen LogP contribution is -2.02. The molecule has 0 atom stereocenters. The number of methoxy groups -OCH3 is 1. The van der Waals surface area contributed by atoms with E-state index in [-0.39, 0.29) is 0 Å². The van der Waals surface area contributed by atoms with Crippen molar-refractivity contribution in [2.75, 3.05) is 12.4 Å². The predicted molar refractivity (Wildman–Crippen MR) is 71.6 cm³/mol. The first-order valence-electron chi connectivity index (χ1n) is 4.95. The second-order valence-corrected chi connectivity index (χ2v) is 4.69. The van der Waals surface area contributed by atoms with E-state index in [2.05, 4.69) is 31.2 Å². The minimum Gasteiger partial charge on any atom is -0.493 e. The maximum atomic E-state index is 5.99. The van der Waals surface area contributed by atoms with Gasteiger partial charge in [-0.2, -0.15) is 0 Å². The van der Waals surface area contributed by atoms with Gasteiger partial charge in [0.15, 0.2) is 5.75 Å². The van der Waals surface area contributed by atoms with Gasteiger partial charge in [0, 0.05) is 11.2 Å². The molecule has 0 amide bonds. The van der Waals surface area contributed by atoms with Gasteiger partial charge in [-0.05, 0) is 28.1 Å². The van der Waals surface area contributed by atoms with Gasteiger partial charge in [0.2, 0.25) is 0 Å². The first kappa shape index (κ1) is 12.3. The van der Waals surface area contributed by atoms with E-state index in [9.17, 15) is 0 Å². The van der Waals surface area contributed by atoms with Crippen molar-refractivity contribution < 1.29 is 4.74 Å². The second kappa shape index (κ2) is 5.42. The number of nitrogens with zero attached hydrogens (tertiary/aromatic N) is 1. The van der Waals surface area contributed by atoms with Gasteiger partial charge in [-0.1, -0.05) is 11.6 Å². The van der Waals surface area contributed by atoms with Crippen LogP contribution in [0.1, 0.15) is 5.69 Å². The molecular weight excluding hydrogens is 305 g/mol. The second-order valence-electron chi connectivity index (χ2n) is 3.40. The van der Waals surface area contributed by atoms with Gasteiger partial charge in [0.1, 0.15) is 0 Å². The number of nitrogens with one attached hydrogen (secondary N) is 2. The molecule has 0 radical (unpaired) electrons. The highest BCUT2D eigenvalue weighted by atomic mass is 79.9. The Morgan fingerprint density at radius 3 is 3.00 bits per heavy atom. The smallest absolute Gasteiger partial charge is 0.156 e. The molecule has 2 rings (SSSR count). The van der Waals surface area contributed by atoms with Crippen molar-refractivity contribution >= 4 is 33.2 Å². The van der Waals surface area contributed by atoms with Crippen LogP contribution in [-0.4, -0.2) is 17.1 Å². The zero-order chi connectivity index (χ0) is 12.3. The summed E-state index contributed by atoms with van der Waals surface area (Å²) in [6, 6.07) is 3.61. The number of anilines is 1. The average Bonchev–Trinajstić information content (AvgIpc) is 2.78. The summed E-state index contributed by atoms with van der Waals surface area (Å²) in [6.07, 6.45) is 3.40. The van der Waals surface area contributed by atoms with E-state index < -0.39 is 0 Å². The monoisotopic (exact) mass is 315 g/mol. The van der Waals surface area contributed by atoms with E-state index in [4.69, 9.17) is 16.3 Å². The molecule has 17 heavy (non-hydrogen) atoms. The fourth-order valence-electron chi connectivity index (χ4n) is 1.47. The molecule has 2 aromatic rings. The lowest BCUT2D eigenvalue weighted by Gasteiger charge is -2.12. The SMILES string of the molecule is COc1c(Br)cc(Cl)cc1NCc1cnc[nH]1. The molecule has 0 spiro atoms. The largest absolute Gasteiger partial charge is 0.493 e. The molecule has 0 fully saturated rings. The fourth-order valence-corrected chi connectivity index (χ4v) is 2.44. The number of aromatic nitrogens is 2. The Morgan fingerprint density at radius 2 is 2.35 bits per heavy atom. The molecule has 0 aliphatic heterocycles. The molecule has 6 heteroatoms. The Bertz CT molecular complexity index is 502. The van der Waals surface area contributed by atoms with Gasteiger partial charge in [-0.15, -0.1) is 0 Å². The number of H-pyrrole nitrogens is 1. The number of ether oxygens (including phenoxy) is 1. The summed E-state index contributed by atoms with van der Waals surface area (Å²) in [5.41, 5.74) is 1.82. The van der Waals surface area contributed by atoms with E-state index in [0.29, 0.717) is 11.6 Å². The Morgan fingerprint density at radius 1 is 1.53 bits per heavy atom. The maximum absolute atomic E-state index is 5.99. The minimum atomic E-state index is 0.628. The summed E-state index contributed by atoms with van der Waals surface area (Å²) < 4.78 is 6.13. The van der Waals surface area contributed by atoms with Crippen LogP contribution >= 0.6 is 27.5 Å². The Balaban J connectivity index is 2.19. The van der Waals surface area contributed by atoms with Gasteiger partial charge in [0.25, 0.3) is 0 Å². The molecule has 1 heterocycles. The molecule has 1 aromatic carbocycles. The highest BCUT2D eigenvalue weighted by Gasteiger charge is 2.09. The molecule has 0 saturated heterocycles. The van der Waals surface area contributed by atoms with Crippen molar-refractivity contribution in [3.05, 3.63) is 39.8 Å². The number of halogens is 2. The molecule has 0 bridgehead atoms. The summed E-state index contributed by atoms with van der Waals surface area (Å²) in [7, 11) is 1.62. The van der Waals surface area contributed by atoms with Crippen LogP contribution in [0.5, 0.6) is 5.75 Å². The molecular formula is C11H11BrClN3O. The summed E-state index contributed by atoms with van der Waals surface area (Å²) >= 11 is 9.40. The lowest BCUT2D eigenvalue weighted by molar-refractivity contribution is 0.414. The van der Waals surface area contributed by atoms with Crippen LogP contribution in [-0.2, 0) is 6.54 Å². The standard InChI is InChI=1S/C11H11BrClN3O/c1-17-11-9(12)2-7(13)3-10(11)15-5-8-4-14-6-16-8/h2-4,6,15H,5H2,1H3,(H,14,16). The summed E-state index contributed by atoms with van der Waals surface area (Å²) in [5.74, 6) is 0.730. The lowest BCUT2D eigenvalue weighted by atomic mass is 10.3. The van der Waals surface area contributed by atoms with Crippen molar-refractivity contribution in [3.8, 4) is 5.75 Å². The number of imidazole rings is 1. The summed E-state index contributed by atoms with van der Waals surface area (Å²) in [6.45, 7) is 0.628. The molecule has 2 N–H and O–H groups in total.